The van der Waals surface area contributed by atoms with Gasteiger partial charge in [0.25, 0.3) is 5.91 Å². The standard InChI is InChI=1S/C44H50N2O10/c1-4-20-54-44-40(46(2)43(50)30-14-16-38-39(23-30)53-27-52-38)25-36(45-51-3)34-22-29(11-5-7-18-47)33(13-6-8-19-48)41(42(34)44)35-24-32(15-17-37(35)56-44)55-31-12-9-10-28(21-31)26-49/h4,9-10,12,14-17,21-24,26,29,33,40-42,47-48H,1,5-8,11,13,18-20,25,27H2,2-3H3/t29-,33+,40-,41+,42+,44+/m0/s1. The van der Waals surface area contributed by atoms with Crippen LogP contribution in [0.25, 0.3) is 0 Å². The number of hydrogen-bond donors (Lipinski definition) is 2. The Morgan fingerprint density at radius 2 is 1.75 bits per heavy atom. The normalized spacial score (nSPS) is 25.0. The maximum Gasteiger partial charge on any atom is 0.254 e. The molecule has 3 aromatic rings. The molecule has 0 bridgehead atoms. The van der Waals surface area contributed by atoms with E-state index in [1.54, 1.807) is 60.5 Å². The minimum atomic E-state index is -1.39. The van der Waals surface area contributed by atoms with Gasteiger partial charge < -0.3 is 43.6 Å². The lowest BCUT2D eigenvalue weighted by atomic mass is 9.55. The first-order valence-corrected chi connectivity index (χ1v) is 19.4. The number of aliphatic hydroxyl groups excluding tert-OH is 2. The van der Waals surface area contributed by atoms with E-state index in [0.717, 1.165) is 43.1 Å². The molecule has 0 saturated heterocycles. The number of rotatable bonds is 17. The third-order valence-electron chi connectivity index (χ3n) is 11.5. The van der Waals surface area contributed by atoms with Crippen LogP contribution >= 0.6 is 0 Å². The highest BCUT2D eigenvalue weighted by Gasteiger charge is 2.65. The molecule has 0 radical (unpaired) electrons. The maximum atomic E-state index is 14.5. The smallest absolute Gasteiger partial charge is 0.254 e. The van der Waals surface area contributed by atoms with Gasteiger partial charge in [-0.3, -0.25) is 9.59 Å². The van der Waals surface area contributed by atoms with Crippen LogP contribution in [-0.4, -0.2) is 85.6 Å². The first-order chi connectivity index (χ1) is 27.3. The van der Waals surface area contributed by atoms with Crippen LogP contribution in [0.1, 0.15) is 77.1 Å². The monoisotopic (exact) mass is 766 g/mol. The SMILES string of the molecule is C=CCO[C@@]12Oc3ccc(Oc4cccc(C=O)c4)cc3[C@H]3[C@H](CCCCO)[C@@H](CCCCO)C=C(C(=NOC)C[C@@H]1N(C)C(=O)c1ccc4c(c1)OCO4)[C@H]32. The van der Waals surface area contributed by atoms with Gasteiger partial charge in [-0.2, -0.15) is 0 Å². The molecule has 6 atom stereocenters. The van der Waals surface area contributed by atoms with Gasteiger partial charge in [-0.25, -0.2) is 0 Å². The van der Waals surface area contributed by atoms with Gasteiger partial charge in [0.15, 0.2) is 11.5 Å². The molecule has 12 heteroatoms. The van der Waals surface area contributed by atoms with Crippen LogP contribution in [0.15, 0.2) is 90.1 Å². The second-order valence-electron chi connectivity index (χ2n) is 14.7. The fraction of sp³-hybridized carbons (Fsp3) is 0.432. The zero-order valence-electron chi connectivity index (χ0n) is 31.9. The first-order valence-electron chi connectivity index (χ1n) is 19.4. The van der Waals surface area contributed by atoms with Crippen molar-refractivity contribution in [3.63, 3.8) is 0 Å². The molecule has 296 valence electrons. The lowest BCUT2D eigenvalue weighted by molar-refractivity contribution is -0.252. The van der Waals surface area contributed by atoms with Crippen LogP contribution < -0.4 is 18.9 Å². The topological polar surface area (TPSA) is 146 Å². The van der Waals surface area contributed by atoms with E-state index in [2.05, 4.69) is 17.8 Å². The van der Waals surface area contributed by atoms with Crippen molar-refractivity contribution in [1.82, 2.24) is 4.90 Å². The number of nitrogens with zero attached hydrogens (tertiary/aromatic N) is 2. The Hall–Kier alpha value is -5.17. The van der Waals surface area contributed by atoms with E-state index >= 15 is 0 Å². The molecule has 2 aliphatic carbocycles. The van der Waals surface area contributed by atoms with E-state index in [1.807, 2.05) is 18.2 Å². The van der Waals surface area contributed by atoms with Crippen molar-refractivity contribution in [2.24, 2.45) is 22.9 Å². The molecule has 2 aliphatic heterocycles. The van der Waals surface area contributed by atoms with Crippen molar-refractivity contribution in [3.8, 4) is 28.7 Å². The highest BCUT2D eigenvalue weighted by Crippen LogP contribution is 2.62. The molecule has 1 saturated carbocycles. The molecule has 3 aromatic carbocycles. The summed E-state index contributed by atoms with van der Waals surface area (Å²) in [5, 5.41) is 24.3. The summed E-state index contributed by atoms with van der Waals surface area (Å²) in [5.41, 5.74) is 3.48. The van der Waals surface area contributed by atoms with Gasteiger partial charge in [-0.05, 0) is 91.6 Å². The summed E-state index contributed by atoms with van der Waals surface area (Å²) >= 11 is 0. The quantitative estimate of drug-likeness (QED) is 0.0634. The van der Waals surface area contributed by atoms with Crippen LogP contribution in [-0.2, 0) is 9.57 Å². The molecule has 2 N–H and O–H groups in total. The third kappa shape index (κ3) is 7.53. The molecule has 1 fully saturated rings. The Balaban J connectivity index is 1.40. The summed E-state index contributed by atoms with van der Waals surface area (Å²) in [6, 6.07) is 17.2. The summed E-state index contributed by atoms with van der Waals surface area (Å²) in [6.45, 7) is 4.40. The van der Waals surface area contributed by atoms with E-state index in [-0.39, 0.29) is 56.7 Å². The van der Waals surface area contributed by atoms with Crippen molar-refractivity contribution in [3.05, 3.63) is 102 Å². The number of carbonyl (C=O) groups excluding carboxylic acids is 2. The Bertz CT molecular complexity index is 1980. The van der Waals surface area contributed by atoms with Crippen molar-refractivity contribution >= 4 is 17.9 Å². The Kier molecular flexibility index (Phi) is 12.1. The van der Waals surface area contributed by atoms with Crippen LogP contribution in [0.2, 0.25) is 0 Å². The van der Waals surface area contributed by atoms with Gasteiger partial charge in [-0.15, -0.1) is 6.58 Å². The number of hydrogen-bond acceptors (Lipinski definition) is 11. The number of amides is 1. The van der Waals surface area contributed by atoms with Crippen LogP contribution in [0.5, 0.6) is 28.7 Å². The third-order valence-corrected chi connectivity index (χ3v) is 11.5. The number of fused-ring (bicyclic) bond motifs is 3. The number of unbranched alkanes of at least 4 members (excludes halogenated alkanes) is 2. The molecule has 12 nitrogen and oxygen atoms in total. The number of carbonyl (C=O) groups is 2. The lowest BCUT2D eigenvalue weighted by Gasteiger charge is -2.59. The minimum Gasteiger partial charge on any atom is -0.459 e. The highest BCUT2D eigenvalue weighted by molar-refractivity contribution is 6.03. The zero-order valence-corrected chi connectivity index (χ0v) is 31.9. The summed E-state index contributed by atoms with van der Waals surface area (Å²) in [7, 11) is 3.28. The van der Waals surface area contributed by atoms with Crippen molar-refractivity contribution in [2.75, 3.05) is 40.8 Å². The van der Waals surface area contributed by atoms with Crippen LogP contribution in [0.3, 0.4) is 0 Å². The predicted octanol–water partition coefficient (Wildman–Crippen LogP) is 7.06. The van der Waals surface area contributed by atoms with Crippen LogP contribution in [0, 0.1) is 17.8 Å². The Morgan fingerprint density at radius 1 is 0.982 bits per heavy atom. The van der Waals surface area contributed by atoms with Gasteiger partial charge in [0, 0.05) is 49.3 Å². The van der Waals surface area contributed by atoms with Gasteiger partial charge >= 0.3 is 0 Å². The number of likely N-dealkylation sites (N-methyl/N-ethyl adjacent to an activating group) is 1. The highest BCUT2D eigenvalue weighted by atomic mass is 16.7. The molecule has 56 heavy (non-hydrogen) atoms. The van der Waals surface area contributed by atoms with E-state index < -0.39 is 17.7 Å². The van der Waals surface area contributed by atoms with Gasteiger partial charge in [0.05, 0.1) is 18.2 Å². The number of benzene rings is 3. The van der Waals surface area contributed by atoms with Crippen molar-refractivity contribution in [2.45, 2.75) is 62.7 Å². The van der Waals surface area contributed by atoms with E-state index in [0.29, 0.717) is 58.4 Å². The molecule has 0 aromatic heterocycles. The second-order valence-corrected chi connectivity index (χ2v) is 14.7. The largest absolute Gasteiger partial charge is 0.459 e. The Morgan fingerprint density at radius 3 is 2.52 bits per heavy atom. The lowest BCUT2D eigenvalue weighted by Crippen LogP contribution is -2.69. The summed E-state index contributed by atoms with van der Waals surface area (Å²) in [6.07, 6.45) is 9.60. The summed E-state index contributed by atoms with van der Waals surface area (Å²) < 4.78 is 31.7. The van der Waals surface area contributed by atoms with Crippen molar-refractivity contribution in [1.29, 1.82) is 0 Å². The number of ether oxygens (including phenoxy) is 5. The van der Waals surface area contributed by atoms with Gasteiger partial charge in [0.1, 0.15) is 36.7 Å². The molecule has 0 unspecified atom stereocenters. The van der Waals surface area contributed by atoms with Crippen molar-refractivity contribution < 1.29 is 48.3 Å². The average molecular weight is 767 g/mol. The Labute approximate surface area is 327 Å². The van der Waals surface area contributed by atoms with Crippen LogP contribution in [0.4, 0.5) is 0 Å². The molecule has 4 aliphatic rings. The zero-order chi connectivity index (χ0) is 39.2. The molecule has 2 heterocycles. The van der Waals surface area contributed by atoms with Gasteiger partial charge in [-0.1, -0.05) is 42.3 Å². The number of aliphatic hydroxyl groups is 2. The fourth-order valence-corrected chi connectivity index (χ4v) is 9.06. The number of aldehydes is 1. The molecule has 7 rings (SSSR count). The number of allylic oxidation sites excluding steroid dienone is 1. The number of oxime groups is 1. The predicted molar refractivity (Wildman–Crippen MR) is 209 cm³/mol. The summed E-state index contributed by atoms with van der Waals surface area (Å²) in [4.78, 5) is 33.3. The molecule has 1 amide bonds. The summed E-state index contributed by atoms with van der Waals surface area (Å²) in [5.74, 6) is 0.585. The first kappa shape index (κ1) is 39.1. The molecular weight excluding hydrogens is 716 g/mol. The second kappa shape index (κ2) is 17.3. The minimum absolute atomic E-state index is 0.0504. The van der Waals surface area contributed by atoms with E-state index in [1.165, 1.54) is 7.11 Å². The average Bonchev–Trinajstić information content (AvgIpc) is 3.70. The molecule has 0 spiro atoms. The fourth-order valence-electron chi connectivity index (χ4n) is 9.06. The maximum absolute atomic E-state index is 14.5. The van der Waals surface area contributed by atoms with Gasteiger partial charge in [0.2, 0.25) is 12.6 Å². The molecular formula is C44H50N2O10. The van der Waals surface area contributed by atoms with E-state index in [9.17, 15) is 19.8 Å². The van der Waals surface area contributed by atoms with E-state index in [4.69, 9.17) is 28.5 Å².